The van der Waals surface area contributed by atoms with Gasteiger partial charge in [0, 0.05) is 38.3 Å². The predicted molar refractivity (Wildman–Crippen MR) is 81.6 cm³/mol. The van der Waals surface area contributed by atoms with Gasteiger partial charge in [0.05, 0.1) is 5.92 Å². The molecule has 0 saturated carbocycles. The summed E-state index contributed by atoms with van der Waals surface area (Å²) in [6, 6.07) is 6.38. The number of hydrogen-bond acceptors (Lipinski definition) is 4. The molecule has 2 aliphatic heterocycles. The number of rotatable bonds is 2. The molecule has 0 aromatic heterocycles. The highest BCUT2D eigenvalue weighted by molar-refractivity contribution is 5.94. The van der Waals surface area contributed by atoms with Crippen LogP contribution in [0.2, 0.25) is 0 Å². The van der Waals surface area contributed by atoms with Gasteiger partial charge in [0.15, 0.2) is 0 Å². The van der Waals surface area contributed by atoms with E-state index in [9.17, 15) is 14.7 Å². The topological polar surface area (TPSA) is 72.9 Å². The molecule has 2 heterocycles. The minimum Gasteiger partial charge on any atom is -0.508 e. The van der Waals surface area contributed by atoms with Crippen molar-refractivity contribution in [2.24, 2.45) is 5.92 Å². The number of nitrogens with one attached hydrogen (secondary N) is 1. The maximum atomic E-state index is 12.4. The van der Waals surface area contributed by atoms with E-state index in [1.165, 1.54) is 6.07 Å². The van der Waals surface area contributed by atoms with Crippen LogP contribution in [0.1, 0.15) is 16.8 Å². The Kier molecular flexibility index (Phi) is 4.29. The monoisotopic (exact) mass is 303 g/mol. The molecule has 2 saturated heterocycles. The molecule has 118 valence electrons. The molecule has 0 radical (unpaired) electrons. The quantitative estimate of drug-likeness (QED) is 0.823. The second-order valence-electron chi connectivity index (χ2n) is 5.86. The first kappa shape index (κ1) is 14.8. The zero-order valence-electron chi connectivity index (χ0n) is 12.5. The van der Waals surface area contributed by atoms with E-state index in [1.807, 2.05) is 4.90 Å². The first-order valence-electron chi connectivity index (χ1n) is 7.73. The Morgan fingerprint density at radius 3 is 2.50 bits per heavy atom. The molecule has 3 rings (SSSR count). The number of aromatic hydroxyl groups is 1. The van der Waals surface area contributed by atoms with Crippen molar-refractivity contribution >= 4 is 11.8 Å². The van der Waals surface area contributed by atoms with Gasteiger partial charge in [0.2, 0.25) is 5.91 Å². The van der Waals surface area contributed by atoms with Gasteiger partial charge in [-0.25, -0.2) is 0 Å². The third-order valence-electron chi connectivity index (χ3n) is 4.38. The first-order chi connectivity index (χ1) is 10.6. The third kappa shape index (κ3) is 3.06. The van der Waals surface area contributed by atoms with Crippen molar-refractivity contribution in [2.75, 3.05) is 39.3 Å². The lowest BCUT2D eigenvalue weighted by Gasteiger charge is -2.36. The summed E-state index contributed by atoms with van der Waals surface area (Å²) >= 11 is 0. The number of nitrogens with zero attached hydrogens (tertiary/aromatic N) is 2. The summed E-state index contributed by atoms with van der Waals surface area (Å²) in [4.78, 5) is 28.3. The van der Waals surface area contributed by atoms with Crippen molar-refractivity contribution in [1.82, 2.24) is 15.1 Å². The minimum absolute atomic E-state index is 0.0910. The summed E-state index contributed by atoms with van der Waals surface area (Å²) in [5, 5.41) is 12.7. The largest absolute Gasteiger partial charge is 0.508 e. The number of benzene rings is 1. The van der Waals surface area contributed by atoms with Gasteiger partial charge < -0.3 is 20.2 Å². The van der Waals surface area contributed by atoms with E-state index in [-0.39, 0.29) is 23.5 Å². The van der Waals surface area contributed by atoms with E-state index in [4.69, 9.17) is 0 Å². The average Bonchev–Trinajstić information content (AvgIpc) is 3.08. The van der Waals surface area contributed by atoms with Gasteiger partial charge in [-0.1, -0.05) is 6.07 Å². The van der Waals surface area contributed by atoms with Crippen LogP contribution in [0.3, 0.4) is 0 Å². The molecule has 1 unspecified atom stereocenters. The van der Waals surface area contributed by atoms with Crippen molar-refractivity contribution in [1.29, 1.82) is 0 Å². The number of phenols is 1. The Labute approximate surface area is 129 Å². The molecule has 0 spiro atoms. The average molecular weight is 303 g/mol. The summed E-state index contributed by atoms with van der Waals surface area (Å²) < 4.78 is 0. The van der Waals surface area contributed by atoms with Gasteiger partial charge in [0.1, 0.15) is 5.75 Å². The van der Waals surface area contributed by atoms with Crippen molar-refractivity contribution in [3.8, 4) is 5.75 Å². The Balaban J connectivity index is 1.57. The van der Waals surface area contributed by atoms with Gasteiger partial charge in [-0.05, 0) is 31.2 Å². The Morgan fingerprint density at radius 1 is 1.14 bits per heavy atom. The number of carbonyl (C=O) groups is 2. The molecular formula is C16H21N3O3. The fourth-order valence-corrected chi connectivity index (χ4v) is 3.08. The summed E-state index contributed by atoms with van der Waals surface area (Å²) in [5.41, 5.74) is 0.486. The molecule has 6 heteroatoms. The minimum atomic E-state index is -0.0921. The second kappa shape index (κ2) is 6.36. The number of carbonyl (C=O) groups excluding carboxylic acids is 2. The Hall–Kier alpha value is -2.08. The van der Waals surface area contributed by atoms with Crippen LogP contribution >= 0.6 is 0 Å². The maximum Gasteiger partial charge on any atom is 0.254 e. The van der Waals surface area contributed by atoms with Gasteiger partial charge >= 0.3 is 0 Å². The lowest BCUT2D eigenvalue weighted by atomic mass is 10.1. The van der Waals surface area contributed by atoms with Crippen molar-refractivity contribution in [3.05, 3.63) is 29.8 Å². The molecule has 2 amide bonds. The van der Waals surface area contributed by atoms with Crippen LogP contribution in [-0.2, 0) is 4.79 Å². The van der Waals surface area contributed by atoms with E-state index < -0.39 is 0 Å². The van der Waals surface area contributed by atoms with E-state index in [0.29, 0.717) is 31.7 Å². The summed E-state index contributed by atoms with van der Waals surface area (Å²) in [6.45, 7) is 3.92. The van der Waals surface area contributed by atoms with E-state index >= 15 is 0 Å². The van der Waals surface area contributed by atoms with Crippen LogP contribution < -0.4 is 5.32 Å². The lowest BCUT2D eigenvalue weighted by Crippen LogP contribution is -2.52. The van der Waals surface area contributed by atoms with Gasteiger partial charge in [0.25, 0.3) is 5.91 Å². The second-order valence-corrected chi connectivity index (χ2v) is 5.86. The molecule has 2 fully saturated rings. The van der Waals surface area contributed by atoms with Crippen LogP contribution in [-0.4, -0.2) is 66.0 Å². The number of phenolic OH excluding ortho intramolecular Hbond substituents is 1. The molecule has 0 aliphatic carbocycles. The molecule has 2 N–H and O–H groups in total. The number of amides is 2. The first-order valence-corrected chi connectivity index (χ1v) is 7.73. The standard InChI is InChI=1S/C16H21N3O3/c20-14-3-1-2-12(10-14)15(21)18-6-8-19(9-7-18)16(22)13-4-5-17-11-13/h1-3,10,13,17,20H,4-9,11H2. The highest BCUT2D eigenvalue weighted by Crippen LogP contribution is 2.16. The molecule has 1 aromatic rings. The molecule has 2 aliphatic rings. The van der Waals surface area contributed by atoms with Crippen molar-refractivity contribution < 1.29 is 14.7 Å². The van der Waals surface area contributed by atoms with Crippen LogP contribution in [0.15, 0.2) is 24.3 Å². The third-order valence-corrected chi connectivity index (χ3v) is 4.38. The lowest BCUT2D eigenvalue weighted by molar-refractivity contribution is -0.136. The summed E-state index contributed by atoms with van der Waals surface area (Å²) in [6.07, 6.45) is 0.904. The molecular weight excluding hydrogens is 282 g/mol. The van der Waals surface area contributed by atoms with Crippen LogP contribution in [0.25, 0.3) is 0 Å². The Morgan fingerprint density at radius 2 is 1.86 bits per heavy atom. The van der Waals surface area contributed by atoms with Crippen LogP contribution in [0.4, 0.5) is 0 Å². The van der Waals surface area contributed by atoms with Crippen LogP contribution in [0, 0.1) is 5.92 Å². The zero-order chi connectivity index (χ0) is 15.5. The fourth-order valence-electron chi connectivity index (χ4n) is 3.08. The van der Waals surface area contributed by atoms with Gasteiger partial charge in [-0.2, -0.15) is 0 Å². The highest BCUT2D eigenvalue weighted by Gasteiger charge is 2.30. The normalized spacial score (nSPS) is 21.9. The Bertz CT molecular complexity index is 562. The van der Waals surface area contributed by atoms with Crippen molar-refractivity contribution in [2.45, 2.75) is 6.42 Å². The number of hydrogen-bond donors (Lipinski definition) is 2. The summed E-state index contributed by atoms with van der Waals surface area (Å²) in [5.74, 6) is 0.293. The number of piperazine rings is 1. The molecule has 1 atom stereocenters. The molecule has 0 bridgehead atoms. The fraction of sp³-hybridized carbons (Fsp3) is 0.500. The van der Waals surface area contributed by atoms with Crippen LogP contribution in [0.5, 0.6) is 5.75 Å². The molecule has 6 nitrogen and oxygen atoms in total. The molecule has 22 heavy (non-hydrogen) atoms. The highest BCUT2D eigenvalue weighted by atomic mass is 16.3. The maximum absolute atomic E-state index is 12.4. The van der Waals surface area contributed by atoms with Crippen molar-refractivity contribution in [3.63, 3.8) is 0 Å². The van der Waals surface area contributed by atoms with Gasteiger partial charge in [-0.15, -0.1) is 0 Å². The SMILES string of the molecule is O=C(c1cccc(O)c1)N1CCN(C(=O)C2CCNC2)CC1. The molecule has 1 aromatic carbocycles. The zero-order valence-corrected chi connectivity index (χ0v) is 12.5. The van der Waals surface area contributed by atoms with E-state index in [0.717, 1.165) is 19.5 Å². The summed E-state index contributed by atoms with van der Waals surface area (Å²) in [7, 11) is 0. The van der Waals surface area contributed by atoms with Gasteiger partial charge in [-0.3, -0.25) is 9.59 Å². The van der Waals surface area contributed by atoms with E-state index in [1.54, 1.807) is 23.1 Å². The smallest absolute Gasteiger partial charge is 0.254 e. The van der Waals surface area contributed by atoms with E-state index in [2.05, 4.69) is 5.32 Å². The predicted octanol–water partition coefficient (Wildman–Crippen LogP) is 0.286.